The van der Waals surface area contributed by atoms with Crippen molar-refractivity contribution in [3.63, 3.8) is 0 Å². The molecule has 3 N–H and O–H groups in total. The van der Waals surface area contributed by atoms with E-state index < -0.39 is 0 Å². The van der Waals surface area contributed by atoms with Crippen LogP contribution in [0.4, 0.5) is 0 Å². The smallest absolute Gasteiger partial charge is 0.275 e. The van der Waals surface area contributed by atoms with Crippen LogP contribution in [-0.2, 0) is 11.3 Å². The van der Waals surface area contributed by atoms with E-state index in [0.29, 0.717) is 12.6 Å². The molecule has 2 saturated heterocycles. The summed E-state index contributed by atoms with van der Waals surface area (Å²) in [5.41, 5.74) is 1.39. The number of rotatable bonds is 5. The first kappa shape index (κ1) is 15.5. The molecular formula is C18H29N3O+2. The molecule has 1 aromatic rings. The van der Waals surface area contributed by atoms with Gasteiger partial charge in [-0.05, 0) is 19.3 Å². The SMILES string of the molecule is O=C(C[NH+]1CCCCC1)N[C@H]1CC[NH+](Cc2ccccc2)C1. The predicted molar refractivity (Wildman–Crippen MR) is 86.8 cm³/mol. The summed E-state index contributed by atoms with van der Waals surface area (Å²) >= 11 is 0. The molecule has 4 heteroatoms. The Morgan fingerprint density at radius 1 is 1.05 bits per heavy atom. The van der Waals surface area contributed by atoms with E-state index in [1.807, 2.05) is 0 Å². The molecule has 0 bridgehead atoms. The number of hydrogen-bond donors (Lipinski definition) is 3. The third-order valence-corrected chi connectivity index (χ3v) is 5.01. The number of amides is 1. The lowest BCUT2D eigenvalue weighted by molar-refractivity contribution is -0.902. The molecule has 0 aromatic heterocycles. The lowest BCUT2D eigenvalue weighted by Crippen LogP contribution is -3.14. The Hall–Kier alpha value is -1.39. The molecular weight excluding hydrogens is 274 g/mol. The van der Waals surface area contributed by atoms with Crippen LogP contribution in [0.15, 0.2) is 30.3 Å². The standard InChI is InChI=1S/C18H27N3O/c22-18(15-20-10-5-2-6-11-20)19-17-9-12-21(14-17)13-16-7-3-1-4-8-16/h1,3-4,7-8,17H,2,5-6,9-15H2,(H,19,22)/p+2/t17-/m0/s1. The van der Waals surface area contributed by atoms with Gasteiger partial charge >= 0.3 is 0 Å². The minimum atomic E-state index is 0.253. The highest BCUT2D eigenvalue weighted by atomic mass is 16.2. The van der Waals surface area contributed by atoms with Crippen molar-refractivity contribution in [1.29, 1.82) is 0 Å². The Bertz CT molecular complexity index is 470. The van der Waals surface area contributed by atoms with E-state index in [4.69, 9.17) is 0 Å². The zero-order valence-electron chi connectivity index (χ0n) is 13.4. The highest BCUT2D eigenvalue weighted by Gasteiger charge is 2.28. The van der Waals surface area contributed by atoms with Crippen LogP contribution in [0.5, 0.6) is 0 Å². The van der Waals surface area contributed by atoms with Crippen molar-refractivity contribution in [3.8, 4) is 0 Å². The largest absolute Gasteiger partial charge is 0.343 e. The highest BCUT2D eigenvalue weighted by Crippen LogP contribution is 1.99. The van der Waals surface area contributed by atoms with Crippen molar-refractivity contribution in [3.05, 3.63) is 35.9 Å². The van der Waals surface area contributed by atoms with Gasteiger partial charge in [-0.25, -0.2) is 0 Å². The molecule has 2 aliphatic rings. The summed E-state index contributed by atoms with van der Waals surface area (Å²) in [7, 11) is 0. The van der Waals surface area contributed by atoms with Crippen molar-refractivity contribution in [2.24, 2.45) is 0 Å². The van der Waals surface area contributed by atoms with E-state index in [1.54, 1.807) is 4.90 Å². The molecule has 1 amide bonds. The Balaban J connectivity index is 1.39. The maximum atomic E-state index is 12.2. The normalized spacial score (nSPS) is 26.0. The molecule has 2 aliphatic heterocycles. The molecule has 0 aliphatic carbocycles. The molecule has 1 aromatic carbocycles. The summed E-state index contributed by atoms with van der Waals surface area (Å²) < 4.78 is 0. The third kappa shape index (κ3) is 4.55. The number of likely N-dealkylation sites (tertiary alicyclic amines) is 2. The van der Waals surface area contributed by atoms with Gasteiger partial charge in [-0.2, -0.15) is 0 Å². The molecule has 2 atom stereocenters. The number of carbonyl (C=O) groups is 1. The molecule has 0 radical (unpaired) electrons. The first-order valence-electron chi connectivity index (χ1n) is 8.80. The predicted octanol–water partition coefficient (Wildman–Crippen LogP) is -0.971. The van der Waals surface area contributed by atoms with E-state index in [9.17, 15) is 4.79 Å². The first-order chi connectivity index (χ1) is 10.8. The average molecular weight is 303 g/mol. The molecule has 0 spiro atoms. The summed E-state index contributed by atoms with van der Waals surface area (Å²) in [5.74, 6) is 0.253. The molecule has 1 unspecified atom stereocenters. The Labute approximate surface area is 133 Å². The van der Waals surface area contributed by atoms with Crippen LogP contribution < -0.4 is 15.1 Å². The van der Waals surface area contributed by atoms with Gasteiger partial charge in [0.15, 0.2) is 6.54 Å². The number of benzene rings is 1. The summed E-state index contributed by atoms with van der Waals surface area (Å²) in [6, 6.07) is 11.0. The van der Waals surface area contributed by atoms with Gasteiger partial charge in [-0.1, -0.05) is 30.3 Å². The maximum Gasteiger partial charge on any atom is 0.275 e. The minimum Gasteiger partial charge on any atom is -0.343 e. The van der Waals surface area contributed by atoms with Gasteiger partial charge in [-0.15, -0.1) is 0 Å². The van der Waals surface area contributed by atoms with Crippen molar-refractivity contribution in [2.45, 2.75) is 38.3 Å². The first-order valence-corrected chi connectivity index (χ1v) is 8.80. The summed E-state index contributed by atoms with van der Waals surface area (Å²) in [6.07, 6.45) is 5.01. The zero-order chi connectivity index (χ0) is 15.2. The second-order valence-corrected chi connectivity index (χ2v) is 6.91. The van der Waals surface area contributed by atoms with Crippen molar-refractivity contribution >= 4 is 5.91 Å². The average Bonchev–Trinajstić information content (AvgIpc) is 2.96. The monoisotopic (exact) mass is 303 g/mol. The zero-order valence-corrected chi connectivity index (χ0v) is 13.4. The van der Waals surface area contributed by atoms with Crippen LogP contribution in [0.1, 0.15) is 31.2 Å². The molecule has 120 valence electrons. The van der Waals surface area contributed by atoms with Gasteiger partial charge in [-0.3, -0.25) is 4.79 Å². The van der Waals surface area contributed by atoms with Crippen molar-refractivity contribution in [2.75, 3.05) is 32.7 Å². The lowest BCUT2D eigenvalue weighted by atomic mass is 10.1. The molecule has 22 heavy (non-hydrogen) atoms. The fourth-order valence-electron chi connectivity index (χ4n) is 3.83. The van der Waals surface area contributed by atoms with Crippen LogP contribution in [-0.4, -0.2) is 44.7 Å². The summed E-state index contributed by atoms with van der Waals surface area (Å²) in [4.78, 5) is 15.2. The fraction of sp³-hybridized carbons (Fsp3) is 0.611. The van der Waals surface area contributed by atoms with Gasteiger partial charge in [0.1, 0.15) is 6.54 Å². The Morgan fingerprint density at radius 2 is 1.82 bits per heavy atom. The molecule has 0 saturated carbocycles. The number of piperidine rings is 1. The van der Waals surface area contributed by atoms with Crippen molar-refractivity contribution < 1.29 is 14.6 Å². The van der Waals surface area contributed by atoms with Crippen LogP contribution >= 0.6 is 0 Å². The number of quaternary nitrogens is 2. The van der Waals surface area contributed by atoms with Crippen molar-refractivity contribution in [1.82, 2.24) is 5.32 Å². The summed E-state index contributed by atoms with van der Waals surface area (Å²) in [5, 5.41) is 3.26. The topological polar surface area (TPSA) is 38.0 Å². The van der Waals surface area contributed by atoms with Gasteiger partial charge in [0.25, 0.3) is 5.91 Å². The Kier molecular flexibility index (Phi) is 5.46. The number of hydrogen-bond acceptors (Lipinski definition) is 1. The molecule has 3 rings (SSSR count). The fourth-order valence-corrected chi connectivity index (χ4v) is 3.83. The van der Waals surface area contributed by atoms with E-state index >= 15 is 0 Å². The van der Waals surface area contributed by atoms with E-state index in [1.165, 1.54) is 42.8 Å². The second kappa shape index (κ2) is 7.75. The minimum absolute atomic E-state index is 0.253. The van der Waals surface area contributed by atoms with E-state index in [-0.39, 0.29) is 5.91 Å². The Morgan fingerprint density at radius 3 is 2.59 bits per heavy atom. The van der Waals surface area contributed by atoms with E-state index in [2.05, 4.69) is 35.6 Å². The maximum absolute atomic E-state index is 12.2. The lowest BCUT2D eigenvalue weighted by Gasteiger charge is -2.23. The van der Waals surface area contributed by atoms with E-state index in [0.717, 1.165) is 26.1 Å². The second-order valence-electron chi connectivity index (χ2n) is 6.91. The quantitative estimate of drug-likeness (QED) is 0.643. The molecule has 2 heterocycles. The van der Waals surface area contributed by atoms with Gasteiger partial charge < -0.3 is 15.1 Å². The highest BCUT2D eigenvalue weighted by molar-refractivity contribution is 5.77. The van der Waals surface area contributed by atoms with Crippen LogP contribution in [0, 0.1) is 0 Å². The number of nitrogens with one attached hydrogen (secondary N) is 3. The van der Waals surface area contributed by atoms with Gasteiger partial charge in [0.2, 0.25) is 0 Å². The summed E-state index contributed by atoms with van der Waals surface area (Å²) in [6.45, 7) is 6.31. The van der Waals surface area contributed by atoms with Gasteiger partial charge in [0, 0.05) is 12.0 Å². The third-order valence-electron chi connectivity index (χ3n) is 5.01. The molecule has 4 nitrogen and oxygen atoms in total. The number of carbonyl (C=O) groups excluding carboxylic acids is 1. The molecule has 2 fully saturated rings. The van der Waals surface area contributed by atoms with Crippen LogP contribution in [0.3, 0.4) is 0 Å². The van der Waals surface area contributed by atoms with Gasteiger partial charge in [0.05, 0.1) is 32.2 Å². The van der Waals surface area contributed by atoms with Crippen LogP contribution in [0.25, 0.3) is 0 Å². The van der Waals surface area contributed by atoms with Crippen LogP contribution in [0.2, 0.25) is 0 Å².